The van der Waals surface area contributed by atoms with Crippen LogP contribution < -0.4 is 0 Å². The van der Waals surface area contributed by atoms with Gasteiger partial charge in [0, 0.05) is 28.4 Å². The van der Waals surface area contributed by atoms with Gasteiger partial charge in [0.05, 0.1) is 18.4 Å². The van der Waals surface area contributed by atoms with Gasteiger partial charge in [-0.1, -0.05) is 13.8 Å². The Morgan fingerprint density at radius 3 is 2.84 bits per heavy atom. The Bertz CT molecular complexity index is 600. The van der Waals surface area contributed by atoms with Crippen LogP contribution >= 0.6 is 11.3 Å². The first-order chi connectivity index (χ1) is 9.06. The number of aromatic nitrogens is 2. The molecule has 0 bridgehead atoms. The van der Waals surface area contributed by atoms with E-state index in [2.05, 4.69) is 17.0 Å². The lowest BCUT2D eigenvalue weighted by Gasteiger charge is -2.24. The summed E-state index contributed by atoms with van der Waals surface area (Å²) >= 11 is 1.55. The topological polar surface area (TPSA) is 21.1 Å². The van der Waals surface area contributed by atoms with Crippen molar-refractivity contribution < 1.29 is 4.39 Å². The van der Waals surface area contributed by atoms with Crippen LogP contribution in [-0.4, -0.2) is 28.3 Å². The van der Waals surface area contributed by atoms with Gasteiger partial charge in [-0.15, -0.1) is 11.3 Å². The zero-order chi connectivity index (χ0) is 13.6. The standard InChI is InChI=1S/C14H18FN3S/c1-9(2)14-11(15)6-13(19-14)10-7-16-18-5-4-17(3)8-12(10)18/h6-7,9H,4-5,8H2,1-3H3. The number of fused-ring (bicyclic) bond motifs is 1. The van der Waals surface area contributed by atoms with Crippen molar-refractivity contribution in [2.45, 2.75) is 32.9 Å². The predicted octanol–water partition coefficient (Wildman–Crippen LogP) is 3.32. The van der Waals surface area contributed by atoms with Gasteiger partial charge in [0.1, 0.15) is 5.82 Å². The fourth-order valence-electron chi connectivity index (χ4n) is 2.49. The molecule has 0 saturated heterocycles. The zero-order valence-corrected chi connectivity index (χ0v) is 12.3. The lowest BCUT2D eigenvalue weighted by atomic mass is 10.1. The summed E-state index contributed by atoms with van der Waals surface area (Å²) in [4.78, 5) is 4.10. The molecule has 0 amide bonds. The molecule has 0 unspecified atom stereocenters. The van der Waals surface area contributed by atoms with Gasteiger partial charge in [-0.2, -0.15) is 5.10 Å². The summed E-state index contributed by atoms with van der Waals surface area (Å²) in [6.45, 7) is 6.87. The van der Waals surface area contributed by atoms with E-state index in [1.165, 1.54) is 5.69 Å². The highest BCUT2D eigenvalue weighted by Crippen LogP contribution is 2.37. The largest absolute Gasteiger partial charge is 0.299 e. The molecule has 3 nitrogen and oxygen atoms in total. The predicted molar refractivity (Wildman–Crippen MR) is 75.9 cm³/mol. The summed E-state index contributed by atoms with van der Waals surface area (Å²) in [5.74, 6) is 0.145. The monoisotopic (exact) mass is 279 g/mol. The molecule has 0 saturated carbocycles. The first-order valence-corrected chi connectivity index (χ1v) is 7.40. The van der Waals surface area contributed by atoms with Gasteiger partial charge in [-0.05, 0) is 19.0 Å². The van der Waals surface area contributed by atoms with Crippen molar-refractivity contribution in [3.05, 3.63) is 28.7 Å². The van der Waals surface area contributed by atoms with Crippen LogP contribution in [0.1, 0.15) is 30.3 Å². The molecule has 3 heterocycles. The molecule has 5 heteroatoms. The summed E-state index contributed by atoms with van der Waals surface area (Å²) < 4.78 is 16.0. The Morgan fingerprint density at radius 1 is 1.37 bits per heavy atom. The molecule has 0 spiro atoms. The summed E-state index contributed by atoms with van der Waals surface area (Å²) in [5.41, 5.74) is 2.28. The Labute approximate surface area is 116 Å². The number of likely N-dealkylation sites (N-methyl/N-ethyl adjacent to an activating group) is 1. The number of rotatable bonds is 2. The molecule has 0 fully saturated rings. The average Bonchev–Trinajstić information content (AvgIpc) is 2.91. The molecule has 0 N–H and O–H groups in total. The summed E-state index contributed by atoms with van der Waals surface area (Å²) in [5, 5.41) is 4.43. The number of halogens is 1. The highest BCUT2D eigenvalue weighted by Gasteiger charge is 2.21. The van der Waals surface area contributed by atoms with E-state index in [9.17, 15) is 4.39 Å². The van der Waals surface area contributed by atoms with Gasteiger partial charge in [0.25, 0.3) is 0 Å². The summed E-state index contributed by atoms with van der Waals surface area (Å²) in [6.07, 6.45) is 1.88. The van der Waals surface area contributed by atoms with Crippen LogP contribution in [0.5, 0.6) is 0 Å². The fourth-order valence-corrected chi connectivity index (χ4v) is 3.56. The van der Waals surface area contributed by atoms with Gasteiger partial charge in [-0.3, -0.25) is 9.58 Å². The lowest BCUT2D eigenvalue weighted by molar-refractivity contribution is 0.259. The van der Waals surface area contributed by atoms with Crippen molar-refractivity contribution in [2.75, 3.05) is 13.6 Å². The van der Waals surface area contributed by atoms with E-state index < -0.39 is 0 Å². The second-order valence-corrected chi connectivity index (χ2v) is 6.53. The van der Waals surface area contributed by atoms with Crippen molar-refractivity contribution in [2.24, 2.45) is 0 Å². The number of thiophene rings is 1. The Kier molecular flexibility index (Phi) is 3.19. The van der Waals surface area contributed by atoms with Crippen molar-refractivity contribution in [1.82, 2.24) is 14.7 Å². The smallest absolute Gasteiger partial charge is 0.137 e. The van der Waals surface area contributed by atoms with E-state index in [1.807, 2.05) is 24.7 Å². The third-order valence-corrected chi connectivity index (χ3v) is 5.01. The second kappa shape index (κ2) is 4.72. The Morgan fingerprint density at radius 2 is 2.16 bits per heavy atom. The summed E-state index contributed by atoms with van der Waals surface area (Å²) in [7, 11) is 2.11. The van der Waals surface area contributed by atoms with E-state index in [4.69, 9.17) is 0 Å². The maximum absolute atomic E-state index is 13.9. The van der Waals surface area contributed by atoms with Gasteiger partial charge in [0.2, 0.25) is 0 Å². The first kappa shape index (κ1) is 12.8. The Hall–Kier alpha value is -1.20. The van der Waals surface area contributed by atoms with Crippen molar-refractivity contribution in [1.29, 1.82) is 0 Å². The van der Waals surface area contributed by atoms with Crippen molar-refractivity contribution in [3.63, 3.8) is 0 Å². The molecule has 0 aliphatic carbocycles. The molecule has 0 aromatic carbocycles. The van der Waals surface area contributed by atoms with Gasteiger partial charge in [-0.25, -0.2) is 4.39 Å². The number of hydrogen-bond donors (Lipinski definition) is 0. The van der Waals surface area contributed by atoms with Crippen LogP contribution in [0, 0.1) is 5.82 Å². The quantitative estimate of drug-likeness (QED) is 0.841. The minimum atomic E-state index is -0.0842. The minimum Gasteiger partial charge on any atom is -0.299 e. The van der Waals surface area contributed by atoms with Crippen LogP contribution in [0.4, 0.5) is 4.39 Å². The van der Waals surface area contributed by atoms with E-state index in [0.717, 1.165) is 35.0 Å². The van der Waals surface area contributed by atoms with Crippen LogP contribution in [0.25, 0.3) is 10.4 Å². The van der Waals surface area contributed by atoms with Crippen LogP contribution in [0.3, 0.4) is 0 Å². The van der Waals surface area contributed by atoms with E-state index in [-0.39, 0.29) is 11.7 Å². The molecule has 0 atom stereocenters. The average molecular weight is 279 g/mol. The van der Waals surface area contributed by atoms with E-state index >= 15 is 0 Å². The highest BCUT2D eigenvalue weighted by molar-refractivity contribution is 7.15. The van der Waals surface area contributed by atoms with Gasteiger partial charge in [0.15, 0.2) is 0 Å². The highest BCUT2D eigenvalue weighted by atomic mass is 32.1. The maximum atomic E-state index is 13.9. The van der Waals surface area contributed by atoms with Crippen molar-refractivity contribution >= 4 is 11.3 Å². The third-order valence-electron chi connectivity index (χ3n) is 3.56. The third kappa shape index (κ3) is 2.21. The van der Waals surface area contributed by atoms with Crippen LogP contribution in [0.2, 0.25) is 0 Å². The maximum Gasteiger partial charge on any atom is 0.137 e. The van der Waals surface area contributed by atoms with Crippen LogP contribution in [0.15, 0.2) is 12.3 Å². The molecule has 0 radical (unpaired) electrons. The molecule has 3 rings (SSSR count). The molecule has 19 heavy (non-hydrogen) atoms. The molecular formula is C14H18FN3S. The molecule has 1 aliphatic heterocycles. The molecule has 2 aromatic heterocycles. The second-order valence-electron chi connectivity index (χ2n) is 5.44. The molecule has 1 aliphatic rings. The first-order valence-electron chi connectivity index (χ1n) is 6.59. The molecule has 2 aromatic rings. The normalized spacial score (nSPS) is 16.1. The minimum absolute atomic E-state index is 0.0842. The number of nitrogens with zero attached hydrogens (tertiary/aromatic N) is 3. The van der Waals surface area contributed by atoms with E-state index in [0.29, 0.717) is 0 Å². The summed E-state index contributed by atoms with van der Waals surface area (Å²) in [6, 6.07) is 1.66. The number of hydrogen-bond acceptors (Lipinski definition) is 3. The fraction of sp³-hybridized carbons (Fsp3) is 0.500. The van der Waals surface area contributed by atoms with Gasteiger partial charge < -0.3 is 0 Å². The zero-order valence-electron chi connectivity index (χ0n) is 11.5. The molecule has 102 valence electrons. The van der Waals surface area contributed by atoms with E-state index in [1.54, 1.807) is 17.4 Å². The van der Waals surface area contributed by atoms with Gasteiger partial charge >= 0.3 is 0 Å². The van der Waals surface area contributed by atoms with Crippen LogP contribution in [-0.2, 0) is 13.1 Å². The SMILES string of the molecule is CC(C)c1sc(-c2cnn3c2CN(C)CC3)cc1F. The molecular weight excluding hydrogens is 261 g/mol. The Balaban J connectivity index is 2.03. The lowest BCUT2D eigenvalue weighted by Crippen LogP contribution is -2.30. The van der Waals surface area contributed by atoms with Crippen molar-refractivity contribution in [3.8, 4) is 10.4 Å².